The molecule has 0 amide bonds. The Morgan fingerprint density at radius 2 is 0.796 bits per heavy atom. The SMILES string of the molecule is c1ccc(-c2cccc(N(c3ccc(-c4cccc(-c5cccc6ccccc56)c4)cc3)c3ccc(-c4ccc5c(c4)sc4ccccc45)cc3)c2)cc1. The molecule has 10 rings (SSSR count). The van der Waals surface area contributed by atoms with Crippen molar-refractivity contribution >= 4 is 59.3 Å². The van der Waals surface area contributed by atoms with Crippen LogP contribution in [0.3, 0.4) is 0 Å². The molecule has 0 radical (unpaired) electrons. The first-order valence-corrected chi connectivity index (χ1v) is 19.2. The minimum absolute atomic E-state index is 1.11. The molecule has 0 unspecified atom stereocenters. The molecule has 2 heteroatoms. The Morgan fingerprint density at radius 3 is 1.57 bits per heavy atom. The first-order chi connectivity index (χ1) is 26.7. The second kappa shape index (κ2) is 13.7. The molecule has 0 spiro atoms. The van der Waals surface area contributed by atoms with Gasteiger partial charge in [0.1, 0.15) is 0 Å². The zero-order valence-electron chi connectivity index (χ0n) is 29.6. The maximum absolute atomic E-state index is 2.36. The Kier molecular flexibility index (Phi) is 8.09. The molecular weight excluding hydrogens is 671 g/mol. The number of benzene rings is 9. The second-order valence-electron chi connectivity index (χ2n) is 13.8. The standard InChI is InChI=1S/C52H35NS/c1-2-11-36(12-3-1)41-16-9-18-46(34-41)53(45-30-25-38(26-31-45)42-27-32-50-49-20-6-7-22-51(49)54-52(50)35-42)44-28-23-37(24-29-44)40-15-8-17-43(33-40)48-21-10-14-39-13-4-5-19-47(39)48/h1-35H. The molecule has 0 aliphatic heterocycles. The van der Waals surface area contributed by atoms with Crippen molar-refractivity contribution in [2.24, 2.45) is 0 Å². The van der Waals surface area contributed by atoms with Crippen LogP contribution < -0.4 is 4.90 Å². The number of hydrogen-bond acceptors (Lipinski definition) is 2. The molecule has 254 valence electrons. The molecule has 1 aromatic heterocycles. The molecular formula is C52H35NS. The van der Waals surface area contributed by atoms with Gasteiger partial charge >= 0.3 is 0 Å². The highest BCUT2D eigenvalue weighted by atomic mass is 32.1. The van der Waals surface area contributed by atoms with Gasteiger partial charge in [0, 0.05) is 37.2 Å². The van der Waals surface area contributed by atoms with Gasteiger partial charge in [0.15, 0.2) is 0 Å². The normalized spacial score (nSPS) is 11.3. The summed E-state index contributed by atoms with van der Waals surface area (Å²) in [6.07, 6.45) is 0. The van der Waals surface area contributed by atoms with Crippen LogP contribution in [0, 0.1) is 0 Å². The van der Waals surface area contributed by atoms with E-state index in [1.807, 2.05) is 11.3 Å². The van der Waals surface area contributed by atoms with E-state index in [2.05, 4.69) is 217 Å². The van der Waals surface area contributed by atoms with Crippen LogP contribution in [-0.4, -0.2) is 0 Å². The summed E-state index contributed by atoms with van der Waals surface area (Å²) < 4.78 is 2.65. The van der Waals surface area contributed by atoms with Gasteiger partial charge in [-0.2, -0.15) is 0 Å². The Labute approximate surface area is 319 Å². The highest BCUT2D eigenvalue weighted by molar-refractivity contribution is 7.25. The van der Waals surface area contributed by atoms with E-state index in [1.165, 1.54) is 75.5 Å². The molecule has 0 N–H and O–H groups in total. The van der Waals surface area contributed by atoms with Gasteiger partial charge in [-0.15, -0.1) is 11.3 Å². The minimum Gasteiger partial charge on any atom is -0.310 e. The van der Waals surface area contributed by atoms with Crippen LogP contribution in [0.15, 0.2) is 212 Å². The van der Waals surface area contributed by atoms with Crippen LogP contribution in [0.1, 0.15) is 0 Å². The van der Waals surface area contributed by atoms with Crippen LogP contribution in [-0.2, 0) is 0 Å². The third-order valence-electron chi connectivity index (χ3n) is 10.5. The maximum atomic E-state index is 2.36. The predicted molar refractivity (Wildman–Crippen MR) is 233 cm³/mol. The maximum Gasteiger partial charge on any atom is 0.0467 e. The lowest BCUT2D eigenvalue weighted by atomic mass is 9.95. The number of fused-ring (bicyclic) bond motifs is 4. The van der Waals surface area contributed by atoms with E-state index in [0.717, 1.165) is 17.1 Å². The van der Waals surface area contributed by atoms with E-state index in [0.29, 0.717) is 0 Å². The van der Waals surface area contributed by atoms with Crippen molar-refractivity contribution in [2.75, 3.05) is 4.90 Å². The molecule has 1 heterocycles. The Balaban J connectivity index is 1.02. The average Bonchev–Trinajstić information content (AvgIpc) is 3.63. The topological polar surface area (TPSA) is 3.24 Å². The largest absolute Gasteiger partial charge is 0.310 e. The molecule has 0 aliphatic rings. The molecule has 0 bridgehead atoms. The van der Waals surface area contributed by atoms with Gasteiger partial charge in [-0.3, -0.25) is 0 Å². The lowest BCUT2D eigenvalue weighted by Crippen LogP contribution is -2.10. The Morgan fingerprint density at radius 1 is 0.278 bits per heavy atom. The van der Waals surface area contributed by atoms with Crippen molar-refractivity contribution in [2.45, 2.75) is 0 Å². The van der Waals surface area contributed by atoms with E-state index in [9.17, 15) is 0 Å². The molecule has 1 nitrogen and oxygen atoms in total. The Hall–Kier alpha value is -6.74. The monoisotopic (exact) mass is 705 g/mol. The number of rotatable bonds is 7. The van der Waals surface area contributed by atoms with Crippen molar-refractivity contribution in [3.8, 4) is 44.5 Å². The summed E-state index contributed by atoms with van der Waals surface area (Å²) in [7, 11) is 0. The van der Waals surface area contributed by atoms with Crippen LogP contribution in [0.2, 0.25) is 0 Å². The van der Waals surface area contributed by atoms with Crippen molar-refractivity contribution in [1.29, 1.82) is 0 Å². The molecule has 0 atom stereocenters. The van der Waals surface area contributed by atoms with Crippen LogP contribution in [0.5, 0.6) is 0 Å². The van der Waals surface area contributed by atoms with E-state index in [1.54, 1.807) is 0 Å². The van der Waals surface area contributed by atoms with Crippen molar-refractivity contribution < 1.29 is 0 Å². The molecule has 0 aliphatic carbocycles. The van der Waals surface area contributed by atoms with Crippen LogP contribution >= 0.6 is 11.3 Å². The summed E-state index contributed by atoms with van der Waals surface area (Å²) in [6, 6.07) is 77.1. The summed E-state index contributed by atoms with van der Waals surface area (Å²) in [5, 5.41) is 5.18. The average molecular weight is 706 g/mol. The summed E-state index contributed by atoms with van der Waals surface area (Å²) in [5.41, 5.74) is 13.0. The molecule has 9 aromatic carbocycles. The third kappa shape index (κ3) is 5.93. The van der Waals surface area contributed by atoms with Crippen molar-refractivity contribution in [3.63, 3.8) is 0 Å². The summed E-state index contributed by atoms with van der Waals surface area (Å²) in [4.78, 5) is 2.36. The van der Waals surface area contributed by atoms with Crippen LogP contribution in [0.4, 0.5) is 17.1 Å². The van der Waals surface area contributed by atoms with Crippen molar-refractivity contribution in [3.05, 3.63) is 212 Å². The van der Waals surface area contributed by atoms with Gasteiger partial charge < -0.3 is 4.90 Å². The summed E-state index contributed by atoms with van der Waals surface area (Å²) in [6.45, 7) is 0. The number of nitrogens with zero attached hydrogens (tertiary/aromatic N) is 1. The van der Waals surface area contributed by atoms with Gasteiger partial charge in [-0.25, -0.2) is 0 Å². The number of thiophene rings is 1. The zero-order valence-corrected chi connectivity index (χ0v) is 30.4. The molecule has 54 heavy (non-hydrogen) atoms. The first-order valence-electron chi connectivity index (χ1n) is 18.4. The number of hydrogen-bond donors (Lipinski definition) is 0. The lowest BCUT2D eigenvalue weighted by molar-refractivity contribution is 1.28. The van der Waals surface area contributed by atoms with Gasteiger partial charge in [-0.05, 0) is 110 Å². The third-order valence-corrected chi connectivity index (χ3v) is 11.6. The predicted octanol–water partition coefficient (Wildman–Crippen LogP) is 15.3. The van der Waals surface area contributed by atoms with E-state index in [4.69, 9.17) is 0 Å². The van der Waals surface area contributed by atoms with Gasteiger partial charge in [0.2, 0.25) is 0 Å². The smallest absolute Gasteiger partial charge is 0.0467 e. The van der Waals surface area contributed by atoms with Gasteiger partial charge in [0.25, 0.3) is 0 Å². The van der Waals surface area contributed by atoms with Crippen molar-refractivity contribution in [1.82, 2.24) is 0 Å². The van der Waals surface area contributed by atoms with Crippen LogP contribution in [0.25, 0.3) is 75.5 Å². The fourth-order valence-corrected chi connectivity index (χ4v) is 8.90. The van der Waals surface area contributed by atoms with E-state index < -0.39 is 0 Å². The molecule has 0 fully saturated rings. The summed E-state index contributed by atoms with van der Waals surface area (Å²) in [5.74, 6) is 0. The second-order valence-corrected chi connectivity index (χ2v) is 14.8. The highest BCUT2D eigenvalue weighted by Gasteiger charge is 2.15. The number of anilines is 3. The highest BCUT2D eigenvalue weighted by Crippen LogP contribution is 2.40. The summed E-state index contributed by atoms with van der Waals surface area (Å²) >= 11 is 1.86. The van der Waals surface area contributed by atoms with E-state index >= 15 is 0 Å². The van der Waals surface area contributed by atoms with Gasteiger partial charge in [0.05, 0.1) is 0 Å². The minimum atomic E-state index is 1.11. The molecule has 0 saturated carbocycles. The lowest BCUT2D eigenvalue weighted by Gasteiger charge is -2.26. The van der Waals surface area contributed by atoms with Gasteiger partial charge in [-0.1, -0.05) is 158 Å². The first kappa shape index (κ1) is 32.0. The zero-order chi connectivity index (χ0) is 35.8. The fourth-order valence-electron chi connectivity index (χ4n) is 7.76. The van der Waals surface area contributed by atoms with E-state index in [-0.39, 0.29) is 0 Å². The molecule has 10 aromatic rings. The quantitative estimate of drug-likeness (QED) is 0.160. The fraction of sp³-hybridized carbons (Fsp3) is 0. The Bertz CT molecular complexity index is 2920. The molecule has 0 saturated heterocycles.